The predicted molar refractivity (Wildman–Crippen MR) is 128 cm³/mol. The van der Waals surface area contributed by atoms with Crippen LogP contribution in [0.5, 0.6) is 11.5 Å². The molecule has 0 amide bonds. The lowest BCUT2D eigenvalue weighted by Crippen LogP contribution is -2.45. The van der Waals surface area contributed by atoms with E-state index in [1.54, 1.807) is 25.1 Å². The Morgan fingerprint density at radius 2 is 1.94 bits per heavy atom. The van der Waals surface area contributed by atoms with E-state index >= 15 is 0 Å². The van der Waals surface area contributed by atoms with Gasteiger partial charge in [-0.3, -0.25) is 4.90 Å². The third-order valence-corrected chi connectivity index (χ3v) is 6.09. The van der Waals surface area contributed by atoms with E-state index in [0.29, 0.717) is 50.9 Å². The molecular formula is C19H31F2IN4O4S. The van der Waals surface area contributed by atoms with Gasteiger partial charge in [-0.25, -0.2) is 13.4 Å². The second-order valence-electron chi connectivity index (χ2n) is 6.67. The first-order chi connectivity index (χ1) is 14.3. The molecule has 1 saturated heterocycles. The minimum absolute atomic E-state index is 0. The summed E-state index contributed by atoms with van der Waals surface area (Å²) in [5, 5.41) is 6.29. The molecule has 0 radical (unpaired) electrons. The number of para-hydroxylation sites is 1. The Morgan fingerprint density at radius 3 is 2.55 bits per heavy atom. The molecule has 2 N–H and O–H groups in total. The van der Waals surface area contributed by atoms with Crippen LogP contribution < -0.4 is 20.1 Å². The number of nitrogens with zero attached hydrogens (tertiary/aromatic N) is 2. The first-order valence-electron chi connectivity index (χ1n) is 9.99. The van der Waals surface area contributed by atoms with Crippen molar-refractivity contribution in [3.8, 4) is 11.5 Å². The van der Waals surface area contributed by atoms with Crippen molar-refractivity contribution < 1.29 is 26.7 Å². The molecule has 0 spiro atoms. The van der Waals surface area contributed by atoms with Gasteiger partial charge in [0.15, 0.2) is 27.3 Å². The van der Waals surface area contributed by atoms with Crippen LogP contribution in [-0.4, -0.2) is 76.7 Å². The Morgan fingerprint density at radius 1 is 1.23 bits per heavy atom. The number of sulfone groups is 1. The maximum absolute atomic E-state index is 12.9. The van der Waals surface area contributed by atoms with Crippen LogP contribution in [0.1, 0.15) is 19.4 Å². The fourth-order valence-electron chi connectivity index (χ4n) is 2.99. The van der Waals surface area contributed by atoms with Crippen LogP contribution in [0.2, 0.25) is 0 Å². The van der Waals surface area contributed by atoms with Crippen LogP contribution in [0.3, 0.4) is 0 Å². The van der Waals surface area contributed by atoms with Gasteiger partial charge >= 0.3 is 6.61 Å². The van der Waals surface area contributed by atoms with Gasteiger partial charge in [0.05, 0.1) is 24.7 Å². The molecule has 1 aliphatic heterocycles. The Hall–Kier alpha value is -1.41. The van der Waals surface area contributed by atoms with Crippen molar-refractivity contribution >= 4 is 39.8 Å². The second-order valence-corrected chi connectivity index (χ2v) is 8.97. The third-order valence-electron chi connectivity index (χ3n) is 4.48. The van der Waals surface area contributed by atoms with Gasteiger partial charge < -0.3 is 20.1 Å². The van der Waals surface area contributed by atoms with Crippen LogP contribution in [0, 0.1) is 0 Å². The summed E-state index contributed by atoms with van der Waals surface area (Å²) in [6, 6.07) is 4.96. The summed E-state index contributed by atoms with van der Waals surface area (Å²) in [7, 11) is -2.90. The zero-order valence-electron chi connectivity index (χ0n) is 17.8. The van der Waals surface area contributed by atoms with Gasteiger partial charge in [0, 0.05) is 38.3 Å². The van der Waals surface area contributed by atoms with E-state index in [1.165, 1.54) is 0 Å². The molecule has 1 aromatic carbocycles. The van der Waals surface area contributed by atoms with Crippen molar-refractivity contribution in [2.75, 3.05) is 50.8 Å². The number of hydrogen-bond acceptors (Lipinski definition) is 6. The summed E-state index contributed by atoms with van der Waals surface area (Å²) >= 11 is 0. The molecule has 178 valence electrons. The molecule has 1 aliphatic rings. The average Bonchev–Trinajstić information content (AvgIpc) is 2.69. The lowest BCUT2D eigenvalue weighted by atomic mass is 10.2. The molecule has 0 aromatic heterocycles. The van der Waals surface area contributed by atoms with Crippen molar-refractivity contribution in [1.82, 2.24) is 15.5 Å². The molecule has 8 nitrogen and oxygen atoms in total. The number of hydrogen-bond donors (Lipinski definition) is 2. The highest BCUT2D eigenvalue weighted by Crippen LogP contribution is 2.33. The van der Waals surface area contributed by atoms with Gasteiger partial charge in [-0.2, -0.15) is 8.78 Å². The quantitative estimate of drug-likeness (QED) is 0.251. The molecule has 1 aromatic rings. The van der Waals surface area contributed by atoms with Crippen LogP contribution >= 0.6 is 24.0 Å². The Balaban J connectivity index is 0.00000480. The van der Waals surface area contributed by atoms with Gasteiger partial charge in [0.25, 0.3) is 0 Å². The Kier molecular flexibility index (Phi) is 12.4. The fraction of sp³-hybridized carbons (Fsp3) is 0.632. The number of guanidine groups is 1. The SMILES string of the molecule is CCNC(=NCc1cccc(OCC)c1OC(F)F)NCCN1CCS(=O)(=O)CC1.I. The van der Waals surface area contributed by atoms with Gasteiger partial charge in [-0.1, -0.05) is 12.1 Å². The van der Waals surface area contributed by atoms with Gasteiger partial charge in [0.2, 0.25) is 0 Å². The third kappa shape index (κ3) is 9.73. The van der Waals surface area contributed by atoms with Crippen molar-refractivity contribution in [3.63, 3.8) is 0 Å². The number of alkyl halides is 2. The van der Waals surface area contributed by atoms with E-state index in [2.05, 4.69) is 25.3 Å². The van der Waals surface area contributed by atoms with Crippen LogP contribution in [-0.2, 0) is 16.4 Å². The zero-order valence-corrected chi connectivity index (χ0v) is 20.9. The minimum atomic E-state index is -2.96. The summed E-state index contributed by atoms with van der Waals surface area (Å²) in [5.41, 5.74) is 0.486. The molecule has 0 bridgehead atoms. The largest absolute Gasteiger partial charge is 0.490 e. The lowest BCUT2D eigenvalue weighted by molar-refractivity contribution is -0.0520. The van der Waals surface area contributed by atoms with Crippen LogP contribution in [0.15, 0.2) is 23.2 Å². The van der Waals surface area contributed by atoms with Crippen LogP contribution in [0.4, 0.5) is 8.78 Å². The topological polar surface area (TPSA) is 92.3 Å². The zero-order chi connectivity index (χ0) is 22.0. The molecule has 1 heterocycles. The predicted octanol–water partition coefficient (Wildman–Crippen LogP) is 2.09. The number of nitrogens with one attached hydrogen (secondary N) is 2. The van der Waals surface area contributed by atoms with Crippen molar-refractivity contribution in [1.29, 1.82) is 0 Å². The highest BCUT2D eigenvalue weighted by atomic mass is 127. The Labute approximate surface area is 199 Å². The van der Waals surface area contributed by atoms with E-state index in [4.69, 9.17) is 4.74 Å². The summed E-state index contributed by atoms with van der Waals surface area (Å²) in [6.07, 6.45) is 0. The molecular weight excluding hydrogens is 545 g/mol. The summed E-state index contributed by atoms with van der Waals surface area (Å²) < 4.78 is 58.8. The molecule has 31 heavy (non-hydrogen) atoms. The maximum atomic E-state index is 12.9. The summed E-state index contributed by atoms with van der Waals surface area (Å²) in [4.78, 5) is 6.54. The molecule has 0 aliphatic carbocycles. The second kappa shape index (κ2) is 13.9. The minimum Gasteiger partial charge on any atom is -0.490 e. The summed E-state index contributed by atoms with van der Waals surface area (Å²) in [6.45, 7) is 4.11. The van der Waals surface area contributed by atoms with Crippen LogP contribution in [0.25, 0.3) is 0 Å². The van der Waals surface area contributed by atoms with E-state index < -0.39 is 16.4 Å². The van der Waals surface area contributed by atoms with E-state index in [-0.39, 0.29) is 53.5 Å². The fourth-order valence-corrected chi connectivity index (χ4v) is 4.27. The number of halogens is 3. The van der Waals surface area contributed by atoms with E-state index in [1.807, 2.05) is 6.92 Å². The van der Waals surface area contributed by atoms with E-state index in [9.17, 15) is 17.2 Å². The van der Waals surface area contributed by atoms with E-state index in [0.717, 1.165) is 0 Å². The first-order valence-corrected chi connectivity index (χ1v) is 11.8. The standard InChI is InChI=1S/C19H30F2N4O4S.HI/c1-3-22-19(23-8-9-25-10-12-30(26,27)13-11-25)24-14-15-6-5-7-16(28-4-2)17(15)29-18(20)21;/h5-7,18H,3-4,8-14H2,1-2H3,(H2,22,23,24);1H. The number of benzene rings is 1. The molecule has 0 atom stereocenters. The molecule has 12 heteroatoms. The lowest BCUT2D eigenvalue weighted by Gasteiger charge is -2.26. The smallest absolute Gasteiger partial charge is 0.387 e. The van der Waals surface area contributed by atoms with Gasteiger partial charge in [-0.05, 0) is 19.9 Å². The molecule has 2 rings (SSSR count). The Bertz CT molecular complexity index is 798. The van der Waals surface area contributed by atoms with Crippen molar-refractivity contribution in [2.24, 2.45) is 4.99 Å². The number of rotatable bonds is 10. The maximum Gasteiger partial charge on any atom is 0.387 e. The average molecular weight is 576 g/mol. The van der Waals surface area contributed by atoms with Crippen molar-refractivity contribution in [3.05, 3.63) is 23.8 Å². The first kappa shape index (κ1) is 27.6. The normalized spacial score (nSPS) is 16.5. The monoisotopic (exact) mass is 576 g/mol. The number of ether oxygens (including phenoxy) is 2. The van der Waals surface area contributed by atoms with Gasteiger partial charge in [-0.15, -0.1) is 24.0 Å². The van der Waals surface area contributed by atoms with Gasteiger partial charge in [0.1, 0.15) is 0 Å². The van der Waals surface area contributed by atoms with Crippen molar-refractivity contribution in [2.45, 2.75) is 27.0 Å². The highest BCUT2D eigenvalue weighted by Gasteiger charge is 2.21. The number of aliphatic imine (C=N–C) groups is 1. The molecule has 0 saturated carbocycles. The molecule has 0 unspecified atom stereocenters. The highest BCUT2D eigenvalue weighted by molar-refractivity contribution is 14.0. The summed E-state index contributed by atoms with van der Waals surface area (Å²) in [5.74, 6) is 1.15. The molecule has 1 fully saturated rings.